The van der Waals surface area contributed by atoms with Gasteiger partial charge in [-0.25, -0.2) is 8.37 Å². The minimum absolute atomic E-state index is 0.263. The van der Waals surface area contributed by atoms with E-state index in [2.05, 4.69) is 27.7 Å². The Morgan fingerprint density at radius 3 is 1.24 bits per heavy atom. The van der Waals surface area contributed by atoms with Crippen LogP contribution in [0, 0.1) is 11.8 Å². The lowest BCUT2D eigenvalue weighted by Crippen LogP contribution is -2.20. The van der Waals surface area contributed by atoms with E-state index in [9.17, 15) is 8.42 Å². The van der Waals surface area contributed by atoms with Crippen LogP contribution in [0.25, 0.3) is 0 Å². The van der Waals surface area contributed by atoms with Gasteiger partial charge in [-0.1, -0.05) is 105 Å². The molecule has 2 unspecified atom stereocenters. The van der Waals surface area contributed by atoms with Gasteiger partial charge in [0.2, 0.25) is 0 Å². The second-order valence-electron chi connectivity index (χ2n) is 8.69. The first-order chi connectivity index (χ1) is 14.0. The highest BCUT2D eigenvalue weighted by molar-refractivity contribution is 7.81. The van der Waals surface area contributed by atoms with Gasteiger partial charge in [0.15, 0.2) is 0 Å². The molecule has 0 spiro atoms. The number of rotatable bonds is 22. The molecule has 29 heavy (non-hydrogen) atoms. The van der Waals surface area contributed by atoms with Crippen molar-refractivity contribution in [3.05, 3.63) is 0 Å². The molecule has 0 aromatic heterocycles. The summed E-state index contributed by atoms with van der Waals surface area (Å²) in [5.41, 5.74) is 0. The smallest absolute Gasteiger partial charge is 0.248 e. The van der Waals surface area contributed by atoms with E-state index in [0.29, 0.717) is 11.8 Å². The monoisotopic (exact) mass is 434 g/mol. The highest BCUT2D eigenvalue weighted by atomic mass is 32.3. The van der Waals surface area contributed by atoms with Gasteiger partial charge in [-0.3, -0.25) is 0 Å². The van der Waals surface area contributed by atoms with Crippen molar-refractivity contribution in [2.45, 2.75) is 130 Å². The highest BCUT2D eigenvalue weighted by Crippen LogP contribution is 2.20. The lowest BCUT2D eigenvalue weighted by atomic mass is 9.97. The molecule has 0 rings (SSSR count). The molecule has 0 aromatic rings. The van der Waals surface area contributed by atoms with Crippen LogP contribution in [0.5, 0.6) is 0 Å². The zero-order valence-corrected chi connectivity index (χ0v) is 20.7. The van der Waals surface area contributed by atoms with Gasteiger partial charge in [-0.15, -0.1) is 0 Å². The van der Waals surface area contributed by atoms with Crippen LogP contribution in [-0.4, -0.2) is 21.6 Å². The summed E-state index contributed by atoms with van der Waals surface area (Å²) in [6, 6.07) is 0. The maximum absolute atomic E-state index is 12.2. The fraction of sp³-hybridized carbons (Fsp3) is 1.00. The summed E-state index contributed by atoms with van der Waals surface area (Å²) in [6.45, 7) is 9.25. The normalized spacial score (nSPS) is 14.2. The Bertz CT molecular complexity index is 402. The van der Waals surface area contributed by atoms with Crippen LogP contribution >= 0.6 is 0 Å². The third-order valence-corrected chi connectivity index (χ3v) is 6.57. The summed E-state index contributed by atoms with van der Waals surface area (Å²) < 4.78 is 35.0. The van der Waals surface area contributed by atoms with E-state index >= 15 is 0 Å². The zero-order valence-electron chi connectivity index (χ0n) is 19.9. The van der Waals surface area contributed by atoms with Gasteiger partial charge >= 0.3 is 10.4 Å². The molecule has 0 heterocycles. The summed E-state index contributed by atoms with van der Waals surface area (Å²) in [6.07, 6.45) is 18.6. The first-order valence-corrected chi connectivity index (χ1v) is 13.9. The summed E-state index contributed by atoms with van der Waals surface area (Å²) in [5.74, 6) is 0.620. The van der Waals surface area contributed by atoms with Gasteiger partial charge in [0.05, 0.1) is 13.2 Å². The van der Waals surface area contributed by atoms with Crippen molar-refractivity contribution in [1.29, 1.82) is 0 Å². The molecule has 4 nitrogen and oxygen atoms in total. The molecule has 176 valence electrons. The molecule has 0 aliphatic rings. The molecule has 0 fully saturated rings. The molecule has 0 bridgehead atoms. The Labute approximate surface area is 182 Å². The average molecular weight is 435 g/mol. The Morgan fingerprint density at radius 1 is 0.517 bits per heavy atom. The van der Waals surface area contributed by atoms with Crippen molar-refractivity contribution < 1.29 is 16.8 Å². The molecule has 0 saturated carbocycles. The molecule has 5 heteroatoms. The SMILES string of the molecule is CCCCCCCC(CCC)COS(=O)(=O)OCC(CCC)CCCCCCC. The lowest BCUT2D eigenvalue weighted by Gasteiger charge is -2.18. The van der Waals surface area contributed by atoms with Crippen molar-refractivity contribution in [2.75, 3.05) is 13.2 Å². The molecular formula is C24H50O4S. The summed E-state index contributed by atoms with van der Waals surface area (Å²) in [7, 11) is -3.89. The Balaban J connectivity index is 4.25. The van der Waals surface area contributed by atoms with Crippen molar-refractivity contribution in [3.63, 3.8) is 0 Å². The van der Waals surface area contributed by atoms with Crippen molar-refractivity contribution in [3.8, 4) is 0 Å². The number of hydrogen-bond donors (Lipinski definition) is 0. The van der Waals surface area contributed by atoms with Crippen LogP contribution in [0.4, 0.5) is 0 Å². The van der Waals surface area contributed by atoms with Gasteiger partial charge in [-0.2, -0.15) is 8.42 Å². The molecule has 0 aliphatic carbocycles. The van der Waals surface area contributed by atoms with Crippen LogP contribution in [0.1, 0.15) is 130 Å². The van der Waals surface area contributed by atoms with Crippen LogP contribution in [0.2, 0.25) is 0 Å². The van der Waals surface area contributed by atoms with E-state index < -0.39 is 10.4 Å². The zero-order chi connectivity index (χ0) is 21.8. The summed E-state index contributed by atoms with van der Waals surface area (Å²) >= 11 is 0. The van der Waals surface area contributed by atoms with Crippen LogP contribution in [0.3, 0.4) is 0 Å². The predicted octanol–water partition coefficient (Wildman–Crippen LogP) is 7.82. The minimum atomic E-state index is -3.89. The number of hydrogen-bond acceptors (Lipinski definition) is 4. The van der Waals surface area contributed by atoms with E-state index in [1.807, 2.05) is 0 Å². The fourth-order valence-corrected chi connectivity index (χ4v) is 4.69. The minimum Gasteiger partial charge on any atom is -0.248 e. The first-order valence-electron chi connectivity index (χ1n) is 12.5. The molecule has 2 atom stereocenters. The van der Waals surface area contributed by atoms with Gasteiger partial charge < -0.3 is 0 Å². The molecule has 0 aromatic carbocycles. The quantitative estimate of drug-likeness (QED) is 0.163. The topological polar surface area (TPSA) is 52.6 Å². The fourth-order valence-electron chi connectivity index (χ4n) is 3.90. The van der Waals surface area contributed by atoms with E-state index in [1.165, 1.54) is 51.4 Å². The molecule has 0 saturated heterocycles. The largest absolute Gasteiger partial charge is 0.399 e. The first kappa shape index (κ1) is 28.9. The molecule has 0 N–H and O–H groups in total. The Hall–Kier alpha value is -0.130. The van der Waals surface area contributed by atoms with Crippen molar-refractivity contribution >= 4 is 10.4 Å². The van der Waals surface area contributed by atoms with E-state index in [0.717, 1.165) is 51.4 Å². The van der Waals surface area contributed by atoms with Gasteiger partial charge in [0, 0.05) is 0 Å². The predicted molar refractivity (Wildman–Crippen MR) is 124 cm³/mol. The van der Waals surface area contributed by atoms with E-state index in [1.54, 1.807) is 0 Å². The maximum Gasteiger partial charge on any atom is 0.399 e. The highest BCUT2D eigenvalue weighted by Gasteiger charge is 2.19. The van der Waals surface area contributed by atoms with Gasteiger partial charge in [0.25, 0.3) is 0 Å². The number of unbranched alkanes of at least 4 members (excludes halogenated alkanes) is 8. The molecule has 0 amide bonds. The standard InChI is InChI=1S/C24H50O4S/c1-5-9-11-13-15-19-23(17-7-3)21-27-29(25,26)28-22-24(18-8-4)20-16-14-12-10-6-2/h23-24H,5-22H2,1-4H3. The molecule has 0 aliphatic heterocycles. The van der Waals surface area contributed by atoms with Crippen molar-refractivity contribution in [1.82, 2.24) is 0 Å². The van der Waals surface area contributed by atoms with Gasteiger partial charge in [0.1, 0.15) is 0 Å². The third-order valence-electron chi connectivity index (χ3n) is 5.72. The van der Waals surface area contributed by atoms with Crippen LogP contribution in [0.15, 0.2) is 0 Å². The second-order valence-corrected chi connectivity index (χ2v) is 9.98. The average Bonchev–Trinajstić information content (AvgIpc) is 2.70. The summed E-state index contributed by atoms with van der Waals surface area (Å²) in [5, 5.41) is 0. The van der Waals surface area contributed by atoms with E-state index in [-0.39, 0.29) is 13.2 Å². The van der Waals surface area contributed by atoms with Crippen LogP contribution in [-0.2, 0) is 18.8 Å². The Kier molecular flexibility index (Phi) is 19.7. The maximum atomic E-state index is 12.2. The van der Waals surface area contributed by atoms with E-state index in [4.69, 9.17) is 8.37 Å². The summed E-state index contributed by atoms with van der Waals surface area (Å²) in [4.78, 5) is 0. The second kappa shape index (κ2) is 19.8. The van der Waals surface area contributed by atoms with Crippen LogP contribution < -0.4 is 0 Å². The Morgan fingerprint density at radius 2 is 0.897 bits per heavy atom. The van der Waals surface area contributed by atoms with Gasteiger partial charge in [-0.05, 0) is 37.5 Å². The third kappa shape index (κ3) is 18.4. The van der Waals surface area contributed by atoms with Crippen molar-refractivity contribution in [2.24, 2.45) is 11.8 Å². The lowest BCUT2D eigenvalue weighted by molar-refractivity contribution is 0.156. The molecule has 0 radical (unpaired) electrons. The molecular weight excluding hydrogens is 384 g/mol.